The van der Waals surface area contributed by atoms with E-state index in [0.29, 0.717) is 11.6 Å². The molecule has 0 aliphatic carbocycles. The number of nitro groups is 1. The SMILES string of the molecule is Cc1ccccc1CC(=O)c1c(F)ccc([N+](=O)[O-])c1F. The van der Waals surface area contributed by atoms with E-state index in [1.807, 2.05) is 0 Å². The smallest absolute Gasteiger partial charge is 0.294 e. The van der Waals surface area contributed by atoms with Crippen LogP contribution in [0.1, 0.15) is 21.5 Å². The molecule has 0 aliphatic heterocycles. The Morgan fingerprint density at radius 3 is 2.48 bits per heavy atom. The summed E-state index contributed by atoms with van der Waals surface area (Å²) in [5.41, 5.74) is -0.359. The van der Waals surface area contributed by atoms with Gasteiger partial charge in [0.05, 0.1) is 10.5 Å². The van der Waals surface area contributed by atoms with E-state index in [1.54, 1.807) is 31.2 Å². The summed E-state index contributed by atoms with van der Waals surface area (Å²) in [6, 6.07) is 8.35. The number of rotatable bonds is 4. The highest BCUT2D eigenvalue weighted by atomic mass is 19.1. The highest BCUT2D eigenvalue weighted by Crippen LogP contribution is 2.24. The van der Waals surface area contributed by atoms with Gasteiger partial charge < -0.3 is 0 Å². The van der Waals surface area contributed by atoms with Crippen LogP contribution < -0.4 is 0 Å². The van der Waals surface area contributed by atoms with Gasteiger partial charge in [-0.3, -0.25) is 14.9 Å². The summed E-state index contributed by atoms with van der Waals surface area (Å²) < 4.78 is 27.6. The van der Waals surface area contributed by atoms with Gasteiger partial charge in [0.15, 0.2) is 5.78 Å². The Morgan fingerprint density at radius 1 is 1.19 bits per heavy atom. The Balaban J connectivity index is 2.42. The third kappa shape index (κ3) is 2.94. The van der Waals surface area contributed by atoms with Crippen molar-refractivity contribution in [3.8, 4) is 0 Å². The molecule has 21 heavy (non-hydrogen) atoms. The molecule has 0 N–H and O–H groups in total. The molecule has 108 valence electrons. The van der Waals surface area contributed by atoms with Crippen LogP contribution in [-0.4, -0.2) is 10.7 Å². The second kappa shape index (κ2) is 5.78. The molecule has 6 heteroatoms. The van der Waals surface area contributed by atoms with Crippen molar-refractivity contribution < 1.29 is 18.5 Å². The van der Waals surface area contributed by atoms with Gasteiger partial charge in [-0.05, 0) is 24.1 Å². The molecule has 0 fully saturated rings. The van der Waals surface area contributed by atoms with Crippen molar-refractivity contribution in [1.29, 1.82) is 0 Å². The van der Waals surface area contributed by atoms with Crippen LogP contribution in [0.5, 0.6) is 0 Å². The molecule has 0 aromatic heterocycles. The number of halogens is 2. The van der Waals surface area contributed by atoms with Crippen molar-refractivity contribution in [2.45, 2.75) is 13.3 Å². The quantitative estimate of drug-likeness (QED) is 0.491. The topological polar surface area (TPSA) is 60.2 Å². The van der Waals surface area contributed by atoms with E-state index in [4.69, 9.17) is 0 Å². The lowest BCUT2D eigenvalue weighted by atomic mass is 9.98. The van der Waals surface area contributed by atoms with Crippen LogP contribution in [0.3, 0.4) is 0 Å². The Labute approximate surface area is 119 Å². The zero-order valence-corrected chi connectivity index (χ0v) is 11.1. The average Bonchev–Trinajstić information content (AvgIpc) is 2.41. The third-order valence-corrected chi connectivity index (χ3v) is 3.16. The highest BCUT2D eigenvalue weighted by Gasteiger charge is 2.26. The molecule has 0 saturated heterocycles. The standard InChI is InChI=1S/C15H11F2NO3/c1-9-4-2-3-5-10(9)8-13(19)14-11(16)6-7-12(15(14)17)18(20)21/h2-7H,8H2,1H3. The van der Waals surface area contributed by atoms with Gasteiger partial charge in [-0.1, -0.05) is 24.3 Å². The number of carbonyl (C=O) groups is 1. The maximum Gasteiger partial charge on any atom is 0.305 e. The lowest BCUT2D eigenvalue weighted by molar-refractivity contribution is -0.387. The highest BCUT2D eigenvalue weighted by molar-refractivity contribution is 5.98. The molecule has 0 heterocycles. The number of carbonyl (C=O) groups excluding carboxylic acids is 1. The Kier molecular flexibility index (Phi) is 4.07. The van der Waals surface area contributed by atoms with Gasteiger partial charge in [0.1, 0.15) is 5.82 Å². The minimum Gasteiger partial charge on any atom is -0.294 e. The first-order valence-corrected chi connectivity index (χ1v) is 6.12. The molecule has 0 amide bonds. The molecule has 0 saturated carbocycles. The maximum atomic E-state index is 13.9. The van der Waals surface area contributed by atoms with Crippen molar-refractivity contribution >= 4 is 11.5 Å². The normalized spacial score (nSPS) is 10.4. The van der Waals surface area contributed by atoms with Crippen molar-refractivity contribution in [3.05, 3.63) is 74.8 Å². The molecular formula is C15H11F2NO3. The number of hydrogen-bond donors (Lipinski definition) is 0. The number of ketones is 1. The summed E-state index contributed by atoms with van der Waals surface area (Å²) in [5.74, 6) is -3.36. The van der Waals surface area contributed by atoms with Gasteiger partial charge in [-0.25, -0.2) is 4.39 Å². The summed E-state index contributed by atoms with van der Waals surface area (Å²) in [5, 5.41) is 10.7. The van der Waals surface area contributed by atoms with Gasteiger partial charge in [0, 0.05) is 12.5 Å². The zero-order valence-electron chi connectivity index (χ0n) is 11.1. The minimum atomic E-state index is -1.43. The van der Waals surface area contributed by atoms with E-state index in [9.17, 15) is 23.7 Å². The zero-order chi connectivity index (χ0) is 15.6. The molecule has 0 atom stereocenters. The Morgan fingerprint density at radius 2 is 1.86 bits per heavy atom. The molecule has 0 radical (unpaired) electrons. The number of nitro benzene ring substituents is 1. The molecule has 0 spiro atoms. The molecule has 4 nitrogen and oxygen atoms in total. The first-order chi connectivity index (χ1) is 9.91. The number of nitrogens with zero attached hydrogens (tertiary/aromatic N) is 1. The van der Waals surface area contributed by atoms with Gasteiger partial charge >= 0.3 is 5.69 Å². The summed E-state index contributed by atoms with van der Waals surface area (Å²) in [6.07, 6.45) is -0.221. The number of benzene rings is 2. The van der Waals surface area contributed by atoms with Gasteiger partial charge in [0.25, 0.3) is 0 Å². The second-order valence-electron chi connectivity index (χ2n) is 4.54. The third-order valence-electron chi connectivity index (χ3n) is 3.16. The molecule has 2 rings (SSSR count). The van der Waals surface area contributed by atoms with E-state index >= 15 is 0 Å². The Hall–Kier alpha value is -2.63. The van der Waals surface area contributed by atoms with E-state index in [-0.39, 0.29) is 6.42 Å². The summed E-state index contributed by atoms with van der Waals surface area (Å²) >= 11 is 0. The van der Waals surface area contributed by atoms with Crippen LogP contribution in [0.4, 0.5) is 14.5 Å². The number of Topliss-reactive ketones (excluding diaryl/α,β-unsaturated/α-hetero) is 1. The van der Waals surface area contributed by atoms with Crippen molar-refractivity contribution in [1.82, 2.24) is 0 Å². The average molecular weight is 291 g/mol. The van der Waals surface area contributed by atoms with Crippen LogP contribution in [0, 0.1) is 28.7 Å². The van der Waals surface area contributed by atoms with Gasteiger partial charge in [-0.2, -0.15) is 4.39 Å². The first kappa shape index (κ1) is 14.8. The largest absolute Gasteiger partial charge is 0.305 e. The summed E-state index contributed by atoms with van der Waals surface area (Å²) in [4.78, 5) is 21.7. The second-order valence-corrected chi connectivity index (χ2v) is 4.54. The monoisotopic (exact) mass is 291 g/mol. The summed E-state index contributed by atoms with van der Waals surface area (Å²) in [6.45, 7) is 1.77. The fraction of sp³-hybridized carbons (Fsp3) is 0.133. The fourth-order valence-corrected chi connectivity index (χ4v) is 2.01. The van der Waals surface area contributed by atoms with Gasteiger partial charge in [-0.15, -0.1) is 0 Å². The molecule has 0 aliphatic rings. The minimum absolute atomic E-state index is 0.221. The van der Waals surface area contributed by atoms with E-state index in [2.05, 4.69) is 0 Å². The fourth-order valence-electron chi connectivity index (χ4n) is 2.01. The van der Waals surface area contributed by atoms with Crippen LogP contribution in [0.15, 0.2) is 36.4 Å². The molecule has 2 aromatic rings. The lowest BCUT2D eigenvalue weighted by Gasteiger charge is -2.07. The number of hydrogen-bond acceptors (Lipinski definition) is 3. The number of aryl methyl sites for hydroxylation is 1. The predicted molar refractivity (Wildman–Crippen MR) is 72.2 cm³/mol. The van der Waals surface area contributed by atoms with Crippen molar-refractivity contribution in [2.24, 2.45) is 0 Å². The maximum absolute atomic E-state index is 13.9. The molecular weight excluding hydrogens is 280 g/mol. The van der Waals surface area contributed by atoms with Crippen LogP contribution in [0.25, 0.3) is 0 Å². The van der Waals surface area contributed by atoms with E-state index < -0.39 is 33.6 Å². The lowest BCUT2D eigenvalue weighted by Crippen LogP contribution is -2.11. The van der Waals surface area contributed by atoms with Crippen LogP contribution >= 0.6 is 0 Å². The van der Waals surface area contributed by atoms with E-state index in [0.717, 1.165) is 11.6 Å². The van der Waals surface area contributed by atoms with Crippen molar-refractivity contribution in [2.75, 3.05) is 0 Å². The first-order valence-electron chi connectivity index (χ1n) is 6.12. The molecule has 0 unspecified atom stereocenters. The van der Waals surface area contributed by atoms with Crippen molar-refractivity contribution in [3.63, 3.8) is 0 Å². The van der Waals surface area contributed by atoms with E-state index in [1.165, 1.54) is 0 Å². The van der Waals surface area contributed by atoms with Gasteiger partial charge in [0.2, 0.25) is 5.82 Å². The predicted octanol–water partition coefficient (Wildman–Crippen LogP) is 3.61. The summed E-state index contributed by atoms with van der Waals surface area (Å²) in [7, 11) is 0. The molecule has 2 aromatic carbocycles. The molecule has 0 bridgehead atoms. The van der Waals surface area contributed by atoms with Crippen LogP contribution in [-0.2, 0) is 6.42 Å². The van der Waals surface area contributed by atoms with Crippen LogP contribution in [0.2, 0.25) is 0 Å². The Bertz CT molecular complexity index is 729.